The molecule has 0 bridgehead atoms. The quantitative estimate of drug-likeness (QED) is 0.450. The lowest BCUT2D eigenvalue weighted by atomic mass is 9.72. The van der Waals surface area contributed by atoms with Gasteiger partial charge in [0.2, 0.25) is 0 Å². The van der Waals surface area contributed by atoms with Crippen LogP contribution in [0, 0.1) is 11.3 Å². The van der Waals surface area contributed by atoms with E-state index in [1.807, 2.05) is 0 Å². The van der Waals surface area contributed by atoms with Gasteiger partial charge in [0.05, 0.1) is 0 Å². The molecule has 0 spiro atoms. The minimum atomic E-state index is 0.447. The van der Waals surface area contributed by atoms with Crippen molar-refractivity contribution in [1.29, 1.82) is 0 Å². The van der Waals surface area contributed by atoms with Crippen LogP contribution in [-0.2, 0) is 0 Å². The summed E-state index contributed by atoms with van der Waals surface area (Å²) in [7, 11) is 0. The van der Waals surface area contributed by atoms with Crippen molar-refractivity contribution in [3.05, 3.63) is 11.6 Å². The van der Waals surface area contributed by atoms with Crippen molar-refractivity contribution in [1.82, 2.24) is 0 Å². The Morgan fingerprint density at radius 3 is 2.50 bits per heavy atom. The van der Waals surface area contributed by atoms with Gasteiger partial charge in [0.25, 0.3) is 0 Å². The lowest BCUT2D eigenvalue weighted by Gasteiger charge is -2.33. The average Bonchev–Trinajstić information content (AvgIpc) is 1.78. The van der Waals surface area contributed by atoms with Crippen LogP contribution in [0.5, 0.6) is 0 Å². The van der Waals surface area contributed by atoms with Crippen LogP contribution in [0.3, 0.4) is 0 Å². The zero-order valence-corrected chi connectivity index (χ0v) is 7.57. The second-order valence-corrected chi connectivity index (χ2v) is 4.25. The van der Waals surface area contributed by atoms with Crippen molar-refractivity contribution in [3.8, 4) is 0 Å². The van der Waals surface area contributed by atoms with Crippen LogP contribution in [0.4, 0.5) is 0 Å². The van der Waals surface area contributed by atoms with Gasteiger partial charge in [-0.15, -0.1) is 0 Å². The van der Waals surface area contributed by atoms with E-state index in [-0.39, 0.29) is 0 Å². The Balaban J connectivity index is 2.79. The largest absolute Gasteiger partial charge is 0.0797 e. The highest BCUT2D eigenvalue weighted by atomic mass is 14.3. The Morgan fingerprint density at radius 1 is 1.50 bits per heavy atom. The summed E-state index contributed by atoms with van der Waals surface area (Å²) in [6.07, 6.45) is 5.11. The second kappa shape index (κ2) is 2.41. The highest BCUT2D eigenvalue weighted by Crippen LogP contribution is 2.37. The third-order valence-corrected chi connectivity index (χ3v) is 2.86. The Hall–Kier alpha value is -0.260. The first-order valence-corrected chi connectivity index (χ1v) is 4.21. The molecule has 0 nitrogen and oxygen atoms in total. The molecule has 0 fully saturated rings. The molecular weight excluding hydrogens is 120 g/mol. The van der Waals surface area contributed by atoms with Gasteiger partial charge in [-0.2, -0.15) is 0 Å². The molecule has 0 aromatic rings. The topological polar surface area (TPSA) is 0 Å². The van der Waals surface area contributed by atoms with E-state index in [9.17, 15) is 0 Å². The van der Waals surface area contributed by atoms with Gasteiger partial charge in [-0.1, -0.05) is 32.4 Å². The maximum atomic E-state index is 2.43. The van der Waals surface area contributed by atoms with Crippen LogP contribution in [0.15, 0.2) is 11.6 Å². The Morgan fingerprint density at radius 2 is 2.10 bits per heavy atom. The molecule has 0 aromatic carbocycles. The van der Waals surface area contributed by atoms with E-state index in [1.165, 1.54) is 12.8 Å². The van der Waals surface area contributed by atoms with E-state index in [2.05, 4.69) is 33.8 Å². The number of hydrogen-bond donors (Lipinski definition) is 0. The fraction of sp³-hybridized carbons (Fsp3) is 0.800. The summed E-state index contributed by atoms with van der Waals surface area (Å²) in [4.78, 5) is 0. The Kier molecular flexibility index (Phi) is 1.89. The fourth-order valence-electron chi connectivity index (χ4n) is 1.67. The normalized spacial score (nSPS) is 31.6. The smallest absolute Gasteiger partial charge is 0.0147 e. The summed E-state index contributed by atoms with van der Waals surface area (Å²) in [6, 6.07) is 0. The second-order valence-electron chi connectivity index (χ2n) is 4.25. The van der Waals surface area contributed by atoms with Crippen LogP contribution in [0.1, 0.15) is 40.5 Å². The maximum Gasteiger partial charge on any atom is -0.0147 e. The van der Waals surface area contributed by atoms with Crippen molar-refractivity contribution in [2.75, 3.05) is 0 Å². The van der Waals surface area contributed by atoms with E-state index in [1.54, 1.807) is 5.57 Å². The summed E-state index contributed by atoms with van der Waals surface area (Å²) in [6.45, 7) is 9.26. The van der Waals surface area contributed by atoms with Crippen molar-refractivity contribution < 1.29 is 0 Å². The molecule has 0 amide bonds. The Labute approximate surface area is 64.3 Å². The minimum absolute atomic E-state index is 0.447. The molecule has 0 aliphatic heterocycles. The molecule has 10 heavy (non-hydrogen) atoms. The highest BCUT2D eigenvalue weighted by molar-refractivity contribution is 5.10. The van der Waals surface area contributed by atoms with E-state index in [0.29, 0.717) is 5.41 Å². The van der Waals surface area contributed by atoms with Crippen LogP contribution in [0.2, 0.25) is 0 Å². The molecule has 1 rings (SSSR count). The van der Waals surface area contributed by atoms with E-state index >= 15 is 0 Å². The van der Waals surface area contributed by atoms with Crippen LogP contribution < -0.4 is 0 Å². The predicted molar refractivity (Wildman–Crippen MR) is 45.9 cm³/mol. The fourth-order valence-corrected chi connectivity index (χ4v) is 1.67. The number of allylic oxidation sites excluding steroid dienone is 2. The average molecular weight is 138 g/mol. The monoisotopic (exact) mass is 138 g/mol. The van der Waals surface area contributed by atoms with Gasteiger partial charge in [-0.3, -0.25) is 0 Å². The Bertz CT molecular complexity index is 151. The zero-order chi connectivity index (χ0) is 7.78. The molecule has 58 valence electrons. The van der Waals surface area contributed by atoms with Gasteiger partial charge >= 0.3 is 0 Å². The summed E-state index contributed by atoms with van der Waals surface area (Å²) < 4.78 is 0. The standard InChI is InChI=1S/C10H18/c1-8-5-6-9(2)10(3,4)7-8/h7,9H,5-6H2,1-4H3/t9-/m0/s1. The molecule has 0 saturated heterocycles. The van der Waals surface area contributed by atoms with E-state index in [0.717, 1.165) is 5.92 Å². The lowest BCUT2D eigenvalue weighted by Crippen LogP contribution is -2.22. The minimum Gasteiger partial charge on any atom is -0.0797 e. The molecule has 0 heterocycles. The molecule has 0 saturated carbocycles. The molecule has 1 atom stereocenters. The van der Waals surface area contributed by atoms with E-state index in [4.69, 9.17) is 0 Å². The SMILES string of the molecule is CC1=CC(C)(C)[C@@H](C)CC1. The van der Waals surface area contributed by atoms with Gasteiger partial charge in [0, 0.05) is 0 Å². The van der Waals surface area contributed by atoms with Crippen molar-refractivity contribution in [2.45, 2.75) is 40.5 Å². The van der Waals surface area contributed by atoms with Crippen molar-refractivity contribution in [3.63, 3.8) is 0 Å². The van der Waals surface area contributed by atoms with Crippen LogP contribution >= 0.6 is 0 Å². The van der Waals surface area contributed by atoms with Gasteiger partial charge in [-0.05, 0) is 31.1 Å². The molecule has 0 heteroatoms. The molecule has 0 aromatic heterocycles. The summed E-state index contributed by atoms with van der Waals surface area (Å²) >= 11 is 0. The van der Waals surface area contributed by atoms with Crippen LogP contribution in [-0.4, -0.2) is 0 Å². The summed E-state index contributed by atoms with van der Waals surface area (Å²) in [5.41, 5.74) is 2.02. The molecule has 1 aliphatic rings. The first-order valence-electron chi connectivity index (χ1n) is 4.21. The molecule has 1 aliphatic carbocycles. The third kappa shape index (κ3) is 1.42. The molecule has 0 N–H and O–H groups in total. The van der Waals surface area contributed by atoms with Crippen molar-refractivity contribution >= 4 is 0 Å². The number of hydrogen-bond acceptors (Lipinski definition) is 0. The van der Waals surface area contributed by atoms with Crippen LogP contribution in [0.25, 0.3) is 0 Å². The maximum absolute atomic E-state index is 2.43. The van der Waals surface area contributed by atoms with Crippen molar-refractivity contribution in [2.24, 2.45) is 11.3 Å². The zero-order valence-electron chi connectivity index (χ0n) is 7.57. The highest BCUT2D eigenvalue weighted by Gasteiger charge is 2.26. The van der Waals surface area contributed by atoms with Gasteiger partial charge in [0.15, 0.2) is 0 Å². The predicted octanol–water partition coefficient (Wildman–Crippen LogP) is 3.39. The summed E-state index contributed by atoms with van der Waals surface area (Å²) in [5, 5.41) is 0. The van der Waals surface area contributed by atoms with Gasteiger partial charge < -0.3 is 0 Å². The lowest BCUT2D eigenvalue weighted by molar-refractivity contribution is 0.271. The first kappa shape index (κ1) is 7.84. The molecule has 0 radical (unpaired) electrons. The number of rotatable bonds is 0. The van der Waals surface area contributed by atoms with Gasteiger partial charge in [0.1, 0.15) is 0 Å². The molecule has 0 unspecified atom stereocenters. The molecular formula is C10H18. The third-order valence-electron chi connectivity index (χ3n) is 2.86. The summed E-state index contributed by atoms with van der Waals surface area (Å²) in [5.74, 6) is 0.858. The first-order chi connectivity index (χ1) is 4.52. The van der Waals surface area contributed by atoms with E-state index < -0.39 is 0 Å². The van der Waals surface area contributed by atoms with Gasteiger partial charge in [-0.25, -0.2) is 0 Å².